The molecular weight excluding hydrogens is 174 g/mol. The molecule has 0 saturated carbocycles. The molecule has 2 rings (SSSR count). The molecule has 0 N–H and O–H groups in total. The van der Waals surface area contributed by atoms with E-state index in [0.717, 1.165) is 5.56 Å². The molecule has 0 unspecified atom stereocenters. The van der Waals surface area contributed by atoms with Crippen LogP contribution in [0, 0.1) is 0 Å². The molecule has 2 nitrogen and oxygen atoms in total. The molecule has 0 saturated heterocycles. The van der Waals surface area contributed by atoms with Crippen LogP contribution in [0.1, 0.15) is 25.3 Å². The molecule has 1 aromatic carbocycles. The van der Waals surface area contributed by atoms with Gasteiger partial charge in [-0.3, -0.25) is 0 Å². The Bertz CT molecular complexity index is 404. The fourth-order valence-electron chi connectivity index (χ4n) is 1.55. The van der Waals surface area contributed by atoms with E-state index in [1.165, 1.54) is 5.56 Å². The van der Waals surface area contributed by atoms with E-state index in [0.29, 0.717) is 11.8 Å². The van der Waals surface area contributed by atoms with Crippen LogP contribution in [0.5, 0.6) is 0 Å². The summed E-state index contributed by atoms with van der Waals surface area (Å²) in [7, 11) is 0. The van der Waals surface area contributed by atoms with Gasteiger partial charge in [-0.25, -0.2) is 4.98 Å². The minimum absolute atomic E-state index is 0.484. The van der Waals surface area contributed by atoms with Gasteiger partial charge in [0.2, 0.25) is 5.89 Å². The van der Waals surface area contributed by atoms with E-state index in [-0.39, 0.29) is 0 Å². The summed E-state index contributed by atoms with van der Waals surface area (Å²) < 4.78 is 5.30. The Morgan fingerprint density at radius 2 is 2.00 bits per heavy atom. The lowest BCUT2D eigenvalue weighted by molar-refractivity contribution is 0.573. The lowest BCUT2D eigenvalue weighted by Crippen LogP contribution is -1.91. The summed E-state index contributed by atoms with van der Waals surface area (Å²) in [5, 5.41) is 0. The molecule has 1 aromatic heterocycles. The second-order valence-electron chi connectivity index (χ2n) is 3.58. The summed E-state index contributed by atoms with van der Waals surface area (Å²) in [5.74, 6) is 1.19. The Hall–Kier alpha value is -1.57. The average molecular weight is 187 g/mol. The molecule has 0 radical (unpaired) electrons. The number of hydrogen-bond donors (Lipinski definition) is 0. The van der Waals surface area contributed by atoms with Crippen molar-refractivity contribution < 1.29 is 4.42 Å². The largest absolute Gasteiger partial charge is 0.445 e. The number of oxazole rings is 1. The van der Waals surface area contributed by atoms with Crippen LogP contribution in [-0.4, -0.2) is 4.98 Å². The molecule has 72 valence electrons. The Kier molecular flexibility index (Phi) is 2.35. The highest BCUT2D eigenvalue weighted by Gasteiger charge is 2.10. The van der Waals surface area contributed by atoms with Crippen molar-refractivity contribution in [3.8, 4) is 11.5 Å². The quantitative estimate of drug-likeness (QED) is 0.719. The van der Waals surface area contributed by atoms with Gasteiger partial charge in [0.1, 0.15) is 6.26 Å². The van der Waals surface area contributed by atoms with Gasteiger partial charge in [0.25, 0.3) is 0 Å². The highest BCUT2D eigenvalue weighted by atomic mass is 16.3. The van der Waals surface area contributed by atoms with Gasteiger partial charge in [-0.2, -0.15) is 0 Å². The summed E-state index contributed by atoms with van der Waals surface area (Å²) in [6, 6.07) is 8.21. The van der Waals surface area contributed by atoms with Crippen molar-refractivity contribution in [1.82, 2.24) is 4.98 Å². The molecule has 0 spiro atoms. The minimum Gasteiger partial charge on any atom is -0.445 e. The van der Waals surface area contributed by atoms with E-state index >= 15 is 0 Å². The molecule has 0 fully saturated rings. The smallest absolute Gasteiger partial charge is 0.226 e. The molecule has 14 heavy (non-hydrogen) atoms. The lowest BCUT2D eigenvalue weighted by Gasteiger charge is -2.09. The van der Waals surface area contributed by atoms with Gasteiger partial charge in [0.05, 0.1) is 6.20 Å². The van der Waals surface area contributed by atoms with E-state index < -0.39 is 0 Å². The zero-order valence-electron chi connectivity index (χ0n) is 8.40. The Balaban J connectivity index is 2.53. The third kappa shape index (κ3) is 1.55. The van der Waals surface area contributed by atoms with Gasteiger partial charge >= 0.3 is 0 Å². The molecule has 0 aliphatic rings. The maximum Gasteiger partial charge on any atom is 0.226 e. The normalized spacial score (nSPS) is 10.8. The minimum atomic E-state index is 0.484. The van der Waals surface area contributed by atoms with Crippen LogP contribution < -0.4 is 0 Å². The number of nitrogens with zero attached hydrogens (tertiary/aromatic N) is 1. The van der Waals surface area contributed by atoms with E-state index in [2.05, 4.69) is 24.9 Å². The maximum absolute atomic E-state index is 5.30. The van der Waals surface area contributed by atoms with Gasteiger partial charge in [-0.1, -0.05) is 32.0 Å². The van der Waals surface area contributed by atoms with E-state index in [4.69, 9.17) is 4.42 Å². The summed E-state index contributed by atoms with van der Waals surface area (Å²) >= 11 is 0. The highest BCUT2D eigenvalue weighted by molar-refractivity contribution is 5.59. The number of hydrogen-bond acceptors (Lipinski definition) is 2. The second kappa shape index (κ2) is 3.66. The fourth-order valence-corrected chi connectivity index (χ4v) is 1.55. The predicted molar refractivity (Wildman–Crippen MR) is 56.0 cm³/mol. The van der Waals surface area contributed by atoms with Crippen LogP contribution >= 0.6 is 0 Å². The zero-order chi connectivity index (χ0) is 9.97. The van der Waals surface area contributed by atoms with Crippen molar-refractivity contribution in [2.24, 2.45) is 0 Å². The molecule has 0 aliphatic carbocycles. The van der Waals surface area contributed by atoms with Gasteiger partial charge in [-0.15, -0.1) is 0 Å². The number of aromatic nitrogens is 1. The fraction of sp³-hybridized carbons (Fsp3) is 0.250. The van der Waals surface area contributed by atoms with Crippen molar-refractivity contribution in [1.29, 1.82) is 0 Å². The van der Waals surface area contributed by atoms with Crippen molar-refractivity contribution >= 4 is 0 Å². The average Bonchev–Trinajstić information content (AvgIpc) is 2.70. The van der Waals surface area contributed by atoms with Crippen LogP contribution in [0.15, 0.2) is 41.1 Å². The van der Waals surface area contributed by atoms with Crippen molar-refractivity contribution in [3.05, 3.63) is 42.3 Å². The summed E-state index contributed by atoms with van der Waals surface area (Å²) in [4.78, 5) is 4.16. The van der Waals surface area contributed by atoms with Crippen LogP contribution in [0.3, 0.4) is 0 Å². The SMILES string of the molecule is CC(C)c1ccccc1-c1ncco1. The van der Waals surface area contributed by atoms with Crippen LogP contribution in [0.4, 0.5) is 0 Å². The van der Waals surface area contributed by atoms with Gasteiger partial charge in [0, 0.05) is 5.56 Å². The Morgan fingerprint density at radius 1 is 1.21 bits per heavy atom. The molecule has 0 amide bonds. The first-order valence-corrected chi connectivity index (χ1v) is 4.78. The number of benzene rings is 1. The van der Waals surface area contributed by atoms with Crippen molar-refractivity contribution in [2.45, 2.75) is 19.8 Å². The maximum atomic E-state index is 5.30. The van der Waals surface area contributed by atoms with Gasteiger partial charge in [-0.05, 0) is 17.5 Å². The Labute approximate surface area is 83.6 Å². The zero-order valence-corrected chi connectivity index (χ0v) is 8.40. The topological polar surface area (TPSA) is 26.0 Å². The molecule has 2 aromatic rings. The van der Waals surface area contributed by atoms with Gasteiger partial charge in [0.15, 0.2) is 0 Å². The summed E-state index contributed by atoms with van der Waals surface area (Å²) in [6.07, 6.45) is 3.28. The highest BCUT2D eigenvalue weighted by Crippen LogP contribution is 2.27. The van der Waals surface area contributed by atoms with E-state index in [1.807, 2.05) is 18.2 Å². The van der Waals surface area contributed by atoms with E-state index in [1.54, 1.807) is 12.5 Å². The third-order valence-electron chi connectivity index (χ3n) is 2.25. The first kappa shape index (κ1) is 9.00. The van der Waals surface area contributed by atoms with Crippen LogP contribution in [-0.2, 0) is 0 Å². The summed E-state index contributed by atoms with van der Waals surface area (Å²) in [5.41, 5.74) is 2.36. The van der Waals surface area contributed by atoms with Crippen molar-refractivity contribution in [2.75, 3.05) is 0 Å². The number of rotatable bonds is 2. The van der Waals surface area contributed by atoms with E-state index in [9.17, 15) is 0 Å². The van der Waals surface area contributed by atoms with Crippen LogP contribution in [0.25, 0.3) is 11.5 Å². The molecule has 1 heterocycles. The standard InChI is InChI=1S/C12H13NO/c1-9(2)10-5-3-4-6-11(10)12-13-7-8-14-12/h3-9H,1-2H3. The van der Waals surface area contributed by atoms with Crippen LogP contribution in [0.2, 0.25) is 0 Å². The molecule has 2 heteroatoms. The molecular formula is C12H13NO. The second-order valence-corrected chi connectivity index (χ2v) is 3.58. The Morgan fingerprint density at radius 3 is 2.64 bits per heavy atom. The molecule has 0 bridgehead atoms. The third-order valence-corrected chi connectivity index (χ3v) is 2.25. The van der Waals surface area contributed by atoms with Crippen molar-refractivity contribution in [3.63, 3.8) is 0 Å². The summed E-state index contributed by atoms with van der Waals surface area (Å²) in [6.45, 7) is 4.34. The first-order chi connectivity index (χ1) is 6.79. The molecule has 0 atom stereocenters. The predicted octanol–water partition coefficient (Wildman–Crippen LogP) is 3.47. The molecule has 0 aliphatic heterocycles. The first-order valence-electron chi connectivity index (χ1n) is 4.78. The monoisotopic (exact) mass is 187 g/mol. The lowest BCUT2D eigenvalue weighted by atomic mass is 9.97. The van der Waals surface area contributed by atoms with Gasteiger partial charge < -0.3 is 4.42 Å².